The second-order valence-electron chi connectivity index (χ2n) is 5.36. The number of likely N-dealkylation sites (N-methyl/N-ethyl adjacent to an activating group) is 1. The van der Waals surface area contributed by atoms with E-state index in [1.165, 1.54) is 5.56 Å². The number of hydroxylamine groups is 1. The predicted molar refractivity (Wildman–Crippen MR) is 80.1 cm³/mol. The first kappa shape index (κ1) is 15.5. The van der Waals surface area contributed by atoms with Crippen molar-refractivity contribution in [3.63, 3.8) is 0 Å². The van der Waals surface area contributed by atoms with Crippen molar-refractivity contribution in [2.75, 3.05) is 14.2 Å². The molecule has 0 aliphatic heterocycles. The summed E-state index contributed by atoms with van der Waals surface area (Å²) in [6, 6.07) is 8.20. The Bertz CT molecular complexity index is 511. The molecule has 1 aromatic carbocycles. The lowest BCUT2D eigenvalue weighted by molar-refractivity contribution is -0.125. The van der Waals surface area contributed by atoms with Crippen LogP contribution in [0.15, 0.2) is 35.9 Å². The van der Waals surface area contributed by atoms with Crippen molar-refractivity contribution in [3.8, 4) is 5.75 Å². The average molecular weight is 290 g/mol. The quantitative estimate of drug-likeness (QED) is 0.644. The van der Waals surface area contributed by atoms with E-state index in [1.807, 2.05) is 37.4 Å². The van der Waals surface area contributed by atoms with Gasteiger partial charge in [-0.2, -0.15) is 0 Å². The monoisotopic (exact) mass is 290 g/mol. The van der Waals surface area contributed by atoms with Gasteiger partial charge in [-0.25, -0.2) is 5.48 Å². The molecule has 0 spiro atoms. The Morgan fingerprint density at radius 2 is 2.14 bits per heavy atom. The molecular weight excluding hydrogens is 268 g/mol. The Balaban J connectivity index is 2.01. The van der Waals surface area contributed by atoms with Crippen molar-refractivity contribution in [2.45, 2.75) is 31.8 Å². The van der Waals surface area contributed by atoms with Crippen LogP contribution in [-0.4, -0.2) is 36.2 Å². The number of hydrogen-bond acceptors (Lipinski definition) is 4. The minimum absolute atomic E-state index is 0.216. The molecule has 1 atom stereocenters. The highest BCUT2D eigenvalue weighted by molar-refractivity contribution is 5.92. The number of rotatable bonds is 5. The highest BCUT2D eigenvalue weighted by atomic mass is 16.5. The van der Waals surface area contributed by atoms with Crippen LogP contribution in [0.25, 0.3) is 0 Å². The topological polar surface area (TPSA) is 61.8 Å². The number of carbonyl (C=O) groups excluding carboxylic acids is 1. The molecule has 1 aliphatic carbocycles. The van der Waals surface area contributed by atoms with E-state index in [0.717, 1.165) is 31.6 Å². The zero-order valence-electron chi connectivity index (χ0n) is 12.5. The van der Waals surface area contributed by atoms with Crippen LogP contribution < -0.4 is 10.2 Å². The molecule has 1 aliphatic rings. The molecule has 0 fully saturated rings. The van der Waals surface area contributed by atoms with E-state index in [1.54, 1.807) is 12.6 Å². The molecule has 1 amide bonds. The van der Waals surface area contributed by atoms with Gasteiger partial charge in [-0.1, -0.05) is 18.2 Å². The Morgan fingerprint density at radius 1 is 1.43 bits per heavy atom. The fraction of sp³-hybridized carbons (Fsp3) is 0.438. The van der Waals surface area contributed by atoms with E-state index in [4.69, 9.17) is 9.94 Å². The summed E-state index contributed by atoms with van der Waals surface area (Å²) in [5.74, 6) is 0.457. The molecule has 1 aromatic rings. The van der Waals surface area contributed by atoms with Crippen molar-refractivity contribution in [1.82, 2.24) is 10.4 Å². The summed E-state index contributed by atoms with van der Waals surface area (Å²) < 4.78 is 5.15. The number of nitrogens with one attached hydrogen (secondary N) is 1. The lowest BCUT2D eigenvalue weighted by Crippen LogP contribution is -2.33. The van der Waals surface area contributed by atoms with Gasteiger partial charge in [0.25, 0.3) is 5.91 Å². The first-order valence-corrected chi connectivity index (χ1v) is 7.12. The van der Waals surface area contributed by atoms with E-state index < -0.39 is 5.91 Å². The Hall–Kier alpha value is -1.85. The van der Waals surface area contributed by atoms with Crippen molar-refractivity contribution in [2.24, 2.45) is 0 Å². The summed E-state index contributed by atoms with van der Waals surface area (Å²) in [6.45, 7) is 0.805. The molecule has 2 rings (SSSR count). The summed E-state index contributed by atoms with van der Waals surface area (Å²) in [7, 11) is 3.70. The third-order valence-corrected chi connectivity index (χ3v) is 3.89. The van der Waals surface area contributed by atoms with E-state index in [0.29, 0.717) is 5.57 Å². The van der Waals surface area contributed by atoms with Crippen LogP contribution in [0, 0.1) is 0 Å². The molecule has 114 valence electrons. The summed E-state index contributed by atoms with van der Waals surface area (Å²) in [4.78, 5) is 13.7. The fourth-order valence-corrected chi connectivity index (χ4v) is 2.65. The van der Waals surface area contributed by atoms with Crippen LogP contribution in [-0.2, 0) is 11.3 Å². The standard InChI is InChI=1S/C16H22N2O3/c1-18(11-12-6-8-15(21-2)9-7-12)14-5-3-4-13(10-14)16(19)17-20/h6-10,14,20H,3-5,11H2,1-2H3,(H,17,19). The highest BCUT2D eigenvalue weighted by Gasteiger charge is 2.21. The van der Waals surface area contributed by atoms with E-state index >= 15 is 0 Å². The van der Waals surface area contributed by atoms with Crippen LogP contribution >= 0.6 is 0 Å². The lowest BCUT2D eigenvalue weighted by atomic mass is 9.94. The number of hydrogen-bond donors (Lipinski definition) is 2. The molecule has 0 saturated carbocycles. The van der Waals surface area contributed by atoms with Gasteiger partial charge in [-0.3, -0.25) is 14.9 Å². The zero-order valence-corrected chi connectivity index (χ0v) is 12.5. The normalized spacial score (nSPS) is 18.3. The van der Waals surface area contributed by atoms with Gasteiger partial charge in [0.1, 0.15) is 5.75 Å². The molecular formula is C16H22N2O3. The molecule has 21 heavy (non-hydrogen) atoms. The number of carbonyl (C=O) groups is 1. The number of ether oxygens (including phenoxy) is 1. The maximum absolute atomic E-state index is 11.5. The van der Waals surface area contributed by atoms with Gasteiger partial charge in [0.15, 0.2) is 0 Å². The summed E-state index contributed by atoms with van der Waals surface area (Å²) in [5.41, 5.74) is 3.58. The van der Waals surface area contributed by atoms with Crippen LogP contribution in [0.4, 0.5) is 0 Å². The highest BCUT2D eigenvalue weighted by Crippen LogP contribution is 2.23. The smallest absolute Gasteiger partial charge is 0.270 e. The van der Waals surface area contributed by atoms with Gasteiger partial charge in [0.05, 0.1) is 7.11 Å². The van der Waals surface area contributed by atoms with Crippen LogP contribution in [0.2, 0.25) is 0 Å². The molecule has 0 radical (unpaired) electrons. The molecule has 5 heteroatoms. The fourth-order valence-electron chi connectivity index (χ4n) is 2.65. The maximum atomic E-state index is 11.5. The second-order valence-corrected chi connectivity index (χ2v) is 5.36. The van der Waals surface area contributed by atoms with E-state index in [2.05, 4.69) is 4.90 Å². The molecule has 0 heterocycles. The van der Waals surface area contributed by atoms with E-state index in [-0.39, 0.29) is 6.04 Å². The van der Waals surface area contributed by atoms with E-state index in [9.17, 15) is 4.79 Å². The van der Waals surface area contributed by atoms with Gasteiger partial charge >= 0.3 is 0 Å². The first-order chi connectivity index (χ1) is 10.1. The van der Waals surface area contributed by atoms with Gasteiger partial charge < -0.3 is 4.74 Å². The minimum Gasteiger partial charge on any atom is -0.497 e. The SMILES string of the molecule is COc1ccc(CN(C)C2C=C(C(=O)NO)CCC2)cc1. The summed E-state index contributed by atoms with van der Waals surface area (Å²) in [6.07, 6.45) is 4.66. The van der Waals surface area contributed by atoms with Crippen molar-refractivity contribution >= 4 is 5.91 Å². The van der Waals surface area contributed by atoms with Crippen LogP contribution in [0.3, 0.4) is 0 Å². The molecule has 0 bridgehead atoms. The Kier molecular flexibility index (Phi) is 5.36. The average Bonchev–Trinajstić information content (AvgIpc) is 2.55. The summed E-state index contributed by atoms with van der Waals surface area (Å²) >= 11 is 0. The van der Waals surface area contributed by atoms with Gasteiger partial charge in [-0.05, 0) is 44.0 Å². The van der Waals surface area contributed by atoms with Crippen molar-refractivity contribution in [1.29, 1.82) is 0 Å². The lowest BCUT2D eigenvalue weighted by Gasteiger charge is -2.29. The second kappa shape index (κ2) is 7.24. The molecule has 1 unspecified atom stereocenters. The first-order valence-electron chi connectivity index (χ1n) is 7.12. The Morgan fingerprint density at radius 3 is 2.76 bits per heavy atom. The van der Waals surface area contributed by atoms with Gasteiger partial charge in [0.2, 0.25) is 0 Å². The van der Waals surface area contributed by atoms with Gasteiger partial charge in [0, 0.05) is 18.2 Å². The number of methoxy groups -OCH3 is 1. The zero-order chi connectivity index (χ0) is 15.2. The van der Waals surface area contributed by atoms with Crippen molar-refractivity contribution < 1.29 is 14.7 Å². The molecule has 0 aromatic heterocycles. The maximum Gasteiger partial charge on any atom is 0.270 e. The van der Waals surface area contributed by atoms with Crippen molar-refractivity contribution in [3.05, 3.63) is 41.5 Å². The third-order valence-electron chi connectivity index (χ3n) is 3.89. The van der Waals surface area contributed by atoms with Crippen LogP contribution in [0.1, 0.15) is 24.8 Å². The summed E-state index contributed by atoms with van der Waals surface area (Å²) in [5, 5.41) is 8.73. The predicted octanol–water partition coefficient (Wildman–Crippen LogP) is 2.11. The number of amides is 1. The van der Waals surface area contributed by atoms with Crippen LogP contribution in [0.5, 0.6) is 5.75 Å². The largest absolute Gasteiger partial charge is 0.497 e. The van der Waals surface area contributed by atoms with Gasteiger partial charge in [-0.15, -0.1) is 0 Å². The molecule has 5 nitrogen and oxygen atoms in total. The Labute approximate surface area is 125 Å². The minimum atomic E-state index is -0.391. The third kappa shape index (κ3) is 4.06. The molecule has 2 N–H and O–H groups in total. The number of nitrogens with zero attached hydrogens (tertiary/aromatic N) is 1. The number of benzene rings is 1. The molecule has 0 saturated heterocycles.